The van der Waals surface area contributed by atoms with Crippen LogP contribution in [0.15, 0.2) is 78.9 Å². The summed E-state index contributed by atoms with van der Waals surface area (Å²) in [4.78, 5) is 15.4. The maximum atomic E-state index is 13.5. The number of hydrogen-bond acceptors (Lipinski definition) is 3. The van der Waals surface area contributed by atoms with Gasteiger partial charge in [0.1, 0.15) is 0 Å². The van der Waals surface area contributed by atoms with E-state index < -0.39 is 0 Å². The summed E-state index contributed by atoms with van der Waals surface area (Å²) >= 11 is 0. The Kier molecular flexibility index (Phi) is 4.91. The zero-order chi connectivity index (χ0) is 20.4. The lowest BCUT2D eigenvalue weighted by Crippen LogP contribution is -2.30. The Hall–Kier alpha value is -3.27. The molecule has 30 heavy (non-hydrogen) atoms. The lowest BCUT2D eigenvalue weighted by atomic mass is 10.1. The summed E-state index contributed by atoms with van der Waals surface area (Å²) < 4.78 is 12.0. The monoisotopic (exact) mass is 399 g/mol. The average Bonchev–Trinajstić information content (AvgIpc) is 3.60. The smallest absolute Gasteiger partial charge is 0.254 e. The molecule has 0 radical (unpaired) electrons. The molecule has 0 bridgehead atoms. The molecule has 152 valence electrons. The van der Waals surface area contributed by atoms with Gasteiger partial charge in [0.15, 0.2) is 11.5 Å². The van der Waals surface area contributed by atoms with Crippen LogP contribution in [0, 0.1) is 5.41 Å². The predicted molar refractivity (Wildman–Crippen MR) is 116 cm³/mol. The molecule has 3 aromatic carbocycles. The maximum absolute atomic E-state index is 13.5. The fraction of sp³-hybridized carbons (Fsp3) is 0.269. The van der Waals surface area contributed by atoms with Crippen LogP contribution in [0.2, 0.25) is 0 Å². The molecular formula is C26H25NO3. The van der Waals surface area contributed by atoms with Crippen LogP contribution in [0.4, 0.5) is 0 Å². The van der Waals surface area contributed by atoms with E-state index in [9.17, 15) is 4.79 Å². The van der Waals surface area contributed by atoms with E-state index in [4.69, 9.17) is 9.47 Å². The van der Waals surface area contributed by atoms with Gasteiger partial charge in [0.25, 0.3) is 5.91 Å². The highest BCUT2D eigenvalue weighted by molar-refractivity contribution is 5.95. The summed E-state index contributed by atoms with van der Waals surface area (Å²) in [5.74, 6) is 1.39. The van der Waals surface area contributed by atoms with E-state index in [0.717, 1.165) is 29.7 Å². The number of benzene rings is 3. The van der Waals surface area contributed by atoms with Crippen LogP contribution < -0.4 is 9.47 Å². The quantitative estimate of drug-likeness (QED) is 0.601. The number of carbonyl (C=O) groups is 1. The topological polar surface area (TPSA) is 38.8 Å². The molecule has 1 spiro atoms. The van der Waals surface area contributed by atoms with Gasteiger partial charge < -0.3 is 14.4 Å². The molecule has 0 aromatic heterocycles. The van der Waals surface area contributed by atoms with Gasteiger partial charge >= 0.3 is 0 Å². The molecule has 1 amide bonds. The maximum Gasteiger partial charge on any atom is 0.254 e. The first-order valence-electron chi connectivity index (χ1n) is 10.5. The molecule has 4 heteroatoms. The van der Waals surface area contributed by atoms with Crippen LogP contribution in [0.1, 0.15) is 34.3 Å². The normalized spacial score (nSPS) is 16.0. The number of hydrogen-bond donors (Lipinski definition) is 0. The Labute approximate surface area is 177 Å². The SMILES string of the molecule is O=C(c1ccc2c(c1)OCC1(CC1)CO2)N(Cc1ccccc1)Cc1ccccc1. The van der Waals surface area contributed by atoms with Gasteiger partial charge in [-0.05, 0) is 42.2 Å². The second-order valence-electron chi connectivity index (χ2n) is 8.37. The van der Waals surface area contributed by atoms with Gasteiger partial charge in [-0.25, -0.2) is 0 Å². The largest absolute Gasteiger partial charge is 0.489 e. The Morgan fingerprint density at radius 2 is 1.33 bits per heavy atom. The first-order chi connectivity index (χ1) is 14.7. The number of amides is 1. The minimum Gasteiger partial charge on any atom is -0.489 e. The van der Waals surface area contributed by atoms with Crippen LogP contribution in [0.5, 0.6) is 11.5 Å². The third kappa shape index (κ3) is 4.04. The zero-order valence-corrected chi connectivity index (χ0v) is 16.9. The van der Waals surface area contributed by atoms with E-state index >= 15 is 0 Å². The minimum atomic E-state index is -0.0144. The molecule has 2 aliphatic rings. The second-order valence-corrected chi connectivity index (χ2v) is 8.37. The van der Waals surface area contributed by atoms with E-state index in [0.29, 0.717) is 37.6 Å². The summed E-state index contributed by atoms with van der Waals surface area (Å²) in [6.07, 6.45) is 2.30. The summed E-state index contributed by atoms with van der Waals surface area (Å²) in [6, 6.07) is 25.7. The first-order valence-corrected chi connectivity index (χ1v) is 10.5. The molecule has 1 saturated carbocycles. The zero-order valence-electron chi connectivity index (χ0n) is 16.9. The summed E-state index contributed by atoms with van der Waals surface area (Å²) in [7, 11) is 0. The average molecular weight is 399 g/mol. The van der Waals surface area contributed by atoms with Crippen molar-refractivity contribution in [3.8, 4) is 11.5 Å². The Balaban J connectivity index is 1.40. The van der Waals surface area contributed by atoms with Gasteiger partial charge in [-0.1, -0.05) is 60.7 Å². The first kappa shape index (κ1) is 18.7. The fourth-order valence-corrected chi connectivity index (χ4v) is 3.83. The van der Waals surface area contributed by atoms with Crippen LogP contribution in [0.3, 0.4) is 0 Å². The van der Waals surface area contributed by atoms with Crippen molar-refractivity contribution in [3.63, 3.8) is 0 Å². The van der Waals surface area contributed by atoms with Crippen LogP contribution >= 0.6 is 0 Å². The molecule has 1 aliphatic carbocycles. The third-order valence-electron chi connectivity index (χ3n) is 5.94. The lowest BCUT2D eigenvalue weighted by Gasteiger charge is -2.23. The molecule has 0 saturated heterocycles. The Morgan fingerprint density at radius 1 is 0.767 bits per heavy atom. The highest BCUT2D eigenvalue weighted by Crippen LogP contribution is 2.49. The molecule has 0 N–H and O–H groups in total. The van der Waals surface area contributed by atoms with Crippen molar-refractivity contribution in [1.29, 1.82) is 0 Å². The van der Waals surface area contributed by atoms with Gasteiger partial charge in [-0.3, -0.25) is 4.79 Å². The molecule has 0 unspecified atom stereocenters. The van der Waals surface area contributed by atoms with Crippen molar-refractivity contribution in [2.75, 3.05) is 13.2 Å². The number of ether oxygens (including phenoxy) is 2. The summed E-state index contributed by atoms with van der Waals surface area (Å²) in [5, 5.41) is 0. The Bertz CT molecular complexity index is 987. The molecular weight excluding hydrogens is 374 g/mol. The molecule has 4 nitrogen and oxygen atoms in total. The predicted octanol–water partition coefficient (Wildman–Crippen LogP) is 5.08. The van der Waals surface area contributed by atoms with Crippen molar-refractivity contribution in [3.05, 3.63) is 95.6 Å². The fourth-order valence-electron chi connectivity index (χ4n) is 3.83. The molecule has 0 atom stereocenters. The number of carbonyl (C=O) groups excluding carboxylic acids is 1. The van der Waals surface area contributed by atoms with Crippen LogP contribution in [-0.2, 0) is 13.1 Å². The van der Waals surface area contributed by atoms with E-state index in [1.807, 2.05) is 83.8 Å². The number of rotatable bonds is 5. The van der Waals surface area contributed by atoms with Crippen molar-refractivity contribution >= 4 is 5.91 Å². The molecule has 1 heterocycles. The van der Waals surface area contributed by atoms with Crippen LogP contribution in [-0.4, -0.2) is 24.0 Å². The minimum absolute atomic E-state index is 0.0144. The van der Waals surface area contributed by atoms with Crippen molar-refractivity contribution in [2.45, 2.75) is 25.9 Å². The van der Waals surface area contributed by atoms with Crippen molar-refractivity contribution < 1.29 is 14.3 Å². The number of fused-ring (bicyclic) bond motifs is 1. The van der Waals surface area contributed by atoms with Gasteiger partial charge in [-0.15, -0.1) is 0 Å². The Morgan fingerprint density at radius 3 is 1.90 bits per heavy atom. The van der Waals surface area contributed by atoms with Gasteiger partial charge in [0, 0.05) is 24.1 Å². The molecule has 1 aliphatic heterocycles. The molecule has 5 rings (SSSR count). The van der Waals surface area contributed by atoms with E-state index in [1.165, 1.54) is 0 Å². The third-order valence-corrected chi connectivity index (χ3v) is 5.94. The molecule has 1 fully saturated rings. The standard InChI is InChI=1S/C26H25NO3/c28-25(22-11-12-23-24(15-22)30-19-26(13-14-26)18-29-23)27(16-20-7-3-1-4-8-20)17-21-9-5-2-6-10-21/h1-12,15H,13-14,16-19H2. The summed E-state index contributed by atoms with van der Waals surface area (Å²) in [6.45, 7) is 2.45. The van der Waals surface area contributed by atoms with Gasteiger partial charge in [-0.2, -0.15) is 0 Å². The summed E-state index contributed by atoms with van der Waals surface area (Å²) in [5.41, 5.74) is 3.00. The van der Waals surface area contributed by atoms with Gasteiger partial charge in [0.05, 0.1) is 13.2 Å². The number of nitrogens with zero attached hydrogens (tertiary/aromatic N) is 1. The lowest BCUT2D eigenvalue weighted by molar-refractivity contribution is 0.0729. The van der Waals surface area contributed by atoms with Crippen molar-refractivity contribution in [2.24, 2.45) is 5.41 Å². The molecule has 3 aromatic rings. The van der Waals surface area contributed by atoms with Gasteiger partial charge in [0.2, 0.25) is 0 Å². The highest BCUT2D eigenvalue weighted by Gasteiger charge is 2.46. The van der Waals surface area contributed by atoms with Crippen LogP contribution in [0.25, 0.3) is 0 Å². The highest BCUT2D eigenvalue weighted by atomic mass is 16.5. The van der Waals surface area contributed by atoms with E-state index in [2.05, 4.69) is 0 Å². The second kappa shape index (κ2) is 7.86. The van der Waals surface area contributed by atoms with Crippen molar-refractivity contribution in [1.82, 2.24) is 4.90 Å². The van der Waals surface area contributed by atoms with E-state index in [1.54, 1.807) is 0 Å². The van der Waals surface area contributed by atoms with E-state index in [-0.39, 0.29) is 11.3 Å².